The van der Waals surface area contributed by atoms with E-state index in [0.29, 0.717) is 29.0 Å². The summed E-state index contributed by atoms with van der Waals surface area (Å²) in [6, 6.07) is 10.3. The Labute approximate surface area is 218 Å². The standard InChI is InChI=1S/C30H37N5O2/c1-17-14-33(20(4)18(17)2)29(36)23-9-11-24-19(3)27(32-35(24)16-23)25-13-22-10-12-26(30(5,6)37)31-28(22)34(25)15-21-7-8-21/h9-13,16-18,20-21,37H,7-8,14-15H2,1-6H3. The van der Waals surface area contributed by atoms with Gasteiger partial charge >= 0.3 is 0 Å². The van der Waals surface area contributed by atoms with Crippen LogP contribution in [0.25, 0.3) is 27.9 Å². The van der Waals surface area contributed by atoms with Gasteiger partial charge in [0.15, 0.2) is 0 Å². The van der Waals surface area contributed by atoms with Gasteiger partial charge < -0.3 is 14.6 Å². The molecule has 1 amide bonds. The number of rotatable bonds is 5. The van der Waals surface area contributed by atoms with Gasteiger partial charge in [0.1, 0.15) is 16.9 Å². The van der Waals surface area contributed by atoms with Crippen molar-refractivity contribution in [1.82, 2.24) is 24.1 Å². The number of fused-ring (bicyclic) bond motifs is 2. The van der Waals surface area contributed by atoms with Crippen molar-refractivity contribution >= 4 is 22.5 Å². The predicted octanol–water partition coefficient (Wildman–Crippen LogP) is 5.41. The Bertz CT molecular complexity index is 1520. The largest absolute Gasteiger partial charge is 0.384 e. The smallest absolute Gasteiger partial charge is 0.255 e. The normalized spacial score (nSPS) is 22.5. The number of likely N-dealkylation sites (tertiary alicyclic amines) is 1. The van der Waals surface area contributed by atoms with E-state index in [2.05, 4.69) is 38.3 Å². The molecule has 2 fully saturated rings. The number of nitrogens with zero attached hydrogens (tertiary/aromatic N) is 5. The highest BCUT2D eigenvalue weighted by molar-refractivity contribution is 5.95. The van der Waals surface area contributed by atoms with Crippen LogP contribution in [0.15, 0.2) is 36.5 Å². The SMILES string of the molecule is Cc1c(-c2cc3ccc(C(C)(C)O)nc3n2CC2CC2)nn2cc(C(=O)N3CC(C)C(C)C3C)ccc12. The predicted molar refractivity (Wildman–Crippen MR) is 145 cm³/mol. The van der Waals surface area contributed by atoms with Gasteiger partial charge in [-0.2, -0.15) is 5.10 Å². The monoisotopic (exact) mass is 499 g/mol. The minimum absolute atomic E-state index is 0.0755. The first-order valence-electron chi connectivity index (χ1n) is 13.6. The van der Waals surface area contributed by atoms with E-state index in [0.717, 1.165) is 46.6 Å². The highest BCUT2D eigenvalue weighted by Gasteiger charge is 2.36. The van der Waals surface area contributed by atoms with Gasteiger partial charge in [0.05, 0.1) is 22.5 Å². The van der Waals surface area contributed by atoms with Crippen molar-refractivity contribution in [2.45, 2.75) is 72.6 Å². The molecular formula is C30H37N5O2. The zero-order valence-corrected chi connectivity index (χ0v) is 22.7. The lowest BCUT2D eigenvalue weighted by Crippen LogP contribution is -2.35. The summed E-state index contributed by atoms with van der Waals surface area (Å²) in [5.74, 6) is 1.72. The molecule has 0 bridgehead atoms. The first-order valence-corrected chi connectivity index (χ1v) is 13.6. The molecule has 0 aromatic carbocycles. The summed E-state index contributed by atoms with van der Waals surface area (Å²) in [6.07, 6.45) is 4.34. The third-order valence-corrected chi connectivity index (χ3v) is 8.77. The fraction of sp³-hybridized carbons (Fsp3) is 0.500. The van der Waals surface area contributed by atoms with E-state index < -0.39 is 5.60 Å². The van der Waals surface area contributed by atoms with Crippen LogP contribution in [0.2, 0.25) is 0 Å². The van der Waals surface area contributed by atoms with Crippen LogP contribution < -0.4 is 0 Å². The lowest BCUT2D eigenvalue weighted by molar-refractivity contribution is 0.0729. The van der Waals surface area contributed by atoms with Gasteiger partial charge in [-0.15, -0.1) is 0 Å². The summed E-state index contributed by atoms with van der Waals surface area (Å²) in [6.45, 7) is 13.9. The fourth-order valence-electron chi connectivity index (χ4n) is 5.79. The molecule has 4 aromatic rings. The molecule has 0 spiro atoms. The first kappa shape index (κ1) is 24.2. The van der Waals surface area contributed by atoms with E-state index in [-0.39, 0.29) is 11.9 Å². The summed E-state index contributed by atoms with van der Waals surface area (Å²) < 4.78 is 4.14. The van der Waals surface area contributed by atoms with E-state index in [1.807, 2.05) is 39.9 Å². The fourth-order valence-corrected chi connectivity index (χ4v) is 5.79. The average Bonchev–Trinajstić information content (AvgIpc) is 3.46. The Morgan fingerprint density at radius 2 is 1.89 bits per heavy atom. The Morgan fingerprint density at radius 3 is 2.54 bits per heavy atom. The van der Waals surface area contributed by atoms with Crippen LogP contribution in [0.3, 0.4) is 0 Å². The molecule has 6 rings (SSSR count). The van der Waals surface area contributed by atoms with Crippen LogP contribution >= 0.6 is 0 Å². The third kappa shape index (κ3) is 4.04. The highest BCUT2D eigenvalue weighted by Crippen LogP contribution is 2.37. The number of carbonyl (C=O) groups excluding carboxylic acids is 1. The number of pyridine rings is 2. The van der Waals surface area contributed by atoms with E-state index in [1.165, 1.54) is 12.8 Å². The minimum atomic E-state index is -1.01. The molecular weight excluding hydrogens is 462 g/mol. The summed E-state index contributed by atoms with van der Waals surface area (Å²) in [7, 11) is 0. The molecule has 1 N–H and O–H groups in total. The van der Waals surface area contributed by atoms with E-state index in [1.54, 1.807) is 13.8 Å². The summed E-state index contributed by atoms with van der Waals surface area (Å²) in [4.78, 5) is 20.3. The van der Waals surface area contributed by atoms with Crippen molar-refractivity contribution in [3.63, 3.8) is 0 Å². The van der Waals surface area contributed by atoms with Gasteiger partial charge in [-0.3, -0.25) is 4.79 Å². The molecule has 37 heavy (non-hydrogen) atoms. The third-order valence-electron chi connectivity index (χ3n) is 8.77. The van der Waals surface area contributed by atoms with Crippen LogP contribution in [-0.4, -0.2) is 47.7 Å². The maximum absolute atomic E-state index is 13.4. The van der Waals surface area contributed by atoms with Gasteiger partial charge in [-0.25, -0.2) is 9.50 Å². The van der Waals surface area contributed by atoms with Crippen molar-refractivity contribution in [2.75, 3.05) is 6.54 Å². The maximum Gasteiger partial charge on any atom is 0.255 e. The van der Waals surface area contributed by atoms with Crippen LogP contribution in [0.4, 0.5) is 0 Å². The van der Waals surface area contributed by atoms with Crippen molar-refractivity contribution in [3.8, 4) is 11.4 Å². The van der Waals surface area contributed by atoms with Gasteiger partial charge in [-0.1, -0.05) is 13.8 Å². The minimum Gasteiger partial charge on any atom is -0.384 e. The van der Waals surface area contributed by atoms with Gasteiger partial charge in [0.2, 0.25) is 0 Å². The number of aryl methyl sites for hydroxylation is 1. The maximum atomic E-state index is 13.4. The number of aromatic nitrogens is 4. The van der Waals surface area contributed by atoms with Crippen LogP contribution in [0.1, 0.15) is 69.1 Å². The molecule has 0 radical (unpaired) electrons. The molecule has 1 aliphatic heterocycles. The number of aliphatic hydroxyl groups is 1. The molecule has 1 saturated carbocycles. The molecule has 194 valence electrons. The van der Waals surface area contributed by atoms with Gasteiger partial charge in [0.25, 0.3) is 5.91 Å². The Kier molecular flexibility index (Phi) is 5.50. The van der Waals surface area contributed by atoms with E-state index in [9.17, 15) is 9.90 Å². The Hall–Kier alpha value is -3.19. The zero-order chi connectivity index (χ0) is 26.2. The molecule has 5 heterocycles. The Morgan fingerprint density at radius 1 is 1.14 bits per heavy atom. The molecule has 1 aliphatic carbocycles. The second-order valence-electron chi connectivity index (χ2n) is 12.0. The molecule has 2 aliphatic rings. The molecule has 4 aromatic heterocycles. The quantitative estimate of drug-likeness (QED) is 0.398. The Balaban J connectivity index is 1.43. The van der Waals surface area contributed by atoms with Crippen molar-refractivity contribution in [3.05, 3.63) is 53.3 Å². The number of amides is 1. The summed E-state index contributed by atoms with van der Waals surface area (Å²) in [5, 5.41) is 16.6. The van der Waals surface area contributed by atoms with Crippen molar-refractivity contribution in [2.24, 2.45) is 17.8 Å². The molecule has 3 unspecified atom stereocenters. The number of carbonyl (C=O) groups is 1. The first-order chi connectivity index (χ1) is 17.5. The summed E-state index contributed by atoms with van der Waals surface area (Å²) >= 11 is 0. The number of hydrogen-bond donors (Lipinski definition) is 1. The average molecular weight is 500 g/mol. The van der Waals surface area contributed by atoms with Gasteiger partial charge in [0, 0.05) is 36.3 Å². The van der Waals surface area contributed by atoms with Crippen LogP contribution in [0, 0.1) is 24.7 Å². The topological polar surface area (TPSA) is 75.7 Å². The van der Waals surface area contributed by atoms with Crippen molar-refractivity contribution < 1.29 is 9.90 Å². The van der Waals surface area contributed by atoms with Crippen LogP contribution in [0.5, 0.6) is 0 Å². The lowest BCUT2D eigenvalue weighted by Gasteiger charge is -2.23. The summed E-state index contributed by atoms with van der Waals surface area (Å²) in [5.41, 5.74) is 5.24. The zero-order valence-electron chi connectivity index (χ0n) is 22.7. The molecule has 3 atom stereocenters. The molecule has 7 heteroatoms. The van der Waals surface area contributed by atoms with Crippen molar-refractivity contribution in [1.29, 1.82) is 0 Å². The van der Waals surface area contributed by atoms with E-state index >= 15 is 0 Å². The highest BCUT2D eigenvalue weighted by atomic mass is 16.3. The van der Waals surface area contributed by atoms with E-state index in [4.69, 9.17) is 10.1 Å². The molecule has 1 saturated heterocycles. The van der Waals surface area contributed by atoms with Crippen LogP contribution in [-0.2, 0) is 12.1 Å². The second-order valence-corrected chi connectivity index (χ2v) is 12.0. The lowest BCUT2D eigenvalue weighted by atomic mass is 9.95. The second kappa shape index (κ2) is 8.42. The molecule has 7 nitrogen and oxygen atoms in total. The van der Waals surface area contributed by atoms with Gasteiger partial charge in [-0.05, 0) is 88.6 Å². The number of hydrogen-bond acceptors (Lipinski definition) is 4.